The molecule has 0 N–H and O–H groups in total. The van der Waals surface area contributed by atoms with Crippen LogP contribution in [0.25, 0.3) is 0 Å². The van der Waals surface area contributed by atoms with Crippen molar-refractivity contribution in [2.75, 3.05) is 63.8 Å². The number of anilines is 2. The zero-order valence-corrected chi connectivity index (χ0v) is 16.0. The number of ether oxygens (including phenoxy) is 2. The predicted molar refractivity (Wildman–Crippen MR) is 104 cm³/mol. The largest absolute Gasteiger partial charge is 0.493 e. The molecule has 1 aromatic carbocycles. The number of amides is 1. The van der Waals surface area contributed by atoms with Crippen molar-refractivity contribution in [1.29, 1.82) is 0 Å². The van der Waals surface area contributed by atoms with Crippen molar-refractivity contribution in [3.63, 3.8) is 0 Å². The fourth-order valence-electron chi connectivity index (χ4n) is 2.90. The Labute approximate surface area is 159 Å². The maximum absolute atomic E-state index is 12.5. The second-order valence-corrected chi connectivity index (χ2v) is 6.47. The van der Waals surface area contributed by atoms with Gasteiger partial charge in [0.15, 0.2) is 23.9 Å². The second-order valence-electron chi connectivity index (χ2n) is 6.47. The van der Waals surface area contributed by atoms with Crippen LogP contribution in [0.4, 0.5) is 11.5 Å². The van der Waals surface area contributed by atoms with E-state index in [2.05, 4.69) is 15.1 Å². The Bertz CT molecular complexity index is 775. The van der Waals surface area contributed by atoms with Crippen molar-refractivity contribution in [3.05, 3.63) is 36.5 Å². The molecule has 0 atom stereocenters. The first-order valence-corrected chi connectivity index (χ1v) is 8.87. The van der Waals surface area contributed by atoms with E-state index in [-0.39, 0.29) is 12.5 Å². The molecule has 8 nitrogen and oxygen atoms in total. The highest BCUT2D eigenvalue weighted by atomic mass is 16.5. The van der Waals surface area contributed by atoms with E-state index in [1.54, 1.807) is 19.4 Å². The number of carbonyl (C=O) groups is 1. The topological polar surface area (TPSA) is 71.0 Å². The van der Waals surface area contributed by atoms with Gasteiger partial charge in [0.05, 0.1) is 19.0 Å². The van der Waals surface area contributed by atoms with Crippen molar-refractivity contribution < 1.29 is 14.3 Å². The van der Waals surface area contributed by atoms with E-state index in [1.165, 1.54) is 0 Å². The van der Waals surface area contributed by atoms with Crippen LogP contribution in [0.3, 0.4) is 0 Å². The highest BCUT2D eigenvalue weighted by Crippen LogP contribution is 2.25. The fraction of sp³-hybridized carbons (Fsp3) is 0.421. The minimum absolute atomic E-state index is 0.00368. The smallest absolute Gasteiger partial charge is 0.260 e. The summed E-state index contributed by atoms with van der Waals surface area (Å²) in [5.41, 5.74) is 1.00. The molecule has 0 spiro atoms. The van der Waals surface area contributed by atoms with Gasteiger partial charge in [0, 0.05) is 46.3 Å². The van der Waals surface area contributed by atoms with E-state index in [4.69, 9.17) is 9.47 Å². The van der Waals surface area contributed by atoms with Crippen LogP contribution in [0.15, 0.2) is 36.5 Å². The molecule has 1 amide bonds. The molecule has 144 valence electrons. The third kappa shape index (κ3) is 4.58. The van der Waals surface area contributed by atoms with Gasteiger partial charge < -0.3 is 24.2 Å². The van der Waals surface area contributed by atoms with Crippen molar-refractivity contribution in [1.82, 2.24) is 15.1 Å². The van der Waals surface area contributed by atoms with E-state index >= 15 is 0 Å². The molecule has 2 aromatic rings. The first-order chi connectivity index (χ1) is 13.1. The van der Waals surface area contributed by atoms with Crippen molar-refractivity contribution in [2.45, 2.75) is 0 Å². The van der Waals surface area contributed by atoms with Gasteiger partial charge in [-0.05, 0) is 12.1 Å². The lowest BCUT2D eigenvalue weighted by atomic mass is 10.3. The van der Waals surface area contributed by atoms with Gasteiger partial charge in [-0.25, -0.2) is 0 Å². The van der Waals surface area contributed by atoms with E-state index in [0.29, 0.717) is 37.7 Å². The van der Waals surface area contributed by atoms with Gasteiger partial charge in [-0.1, -0.05) is 12.1 Å². The highest BCUT2D eigenvalue weighted by molar-refractivity contribution is 5.78. The third-order valence-corrected chi connectivity index (χ3v) is 4.52. The number of para-hydroxylation sites is 2. The highest BCUT2D eigenvalue weighted by Gasteiger charge is 2.23. The minimum atomic E-state index is -0.0336. The number of hydrogen-bond acceptors (Lipinski definition) is 7. The predicted octanol–water partition coefficient (Wildman–Crippen LogP) is 1.28. The quantitative estimate of drug-likeness (QED) is 0.757. The van der Waals surface area contributed by atoms with Crippen molar-refractivity contribution in [3.8, 4) is 11.5 Å². The number of piperazine rings is 1. The Hall–Kier alpha value is -3.03. The Balaban J connectivity index is 1.53. The zero-order chi connectivity index (χ0) is 19.2. The normalized spacial score (nSPS) is 14.0. The molecule has 0 radical (unpaired) electrons. The Morgan fingerprint density at radius 2 is 1.85 bits per heavy atom. The number of carbonyl (C=O) groups excluding carboxylic acids is 1. The summed E-state index contributed by atoms with van der Waals surface area (Å²) < 4.78 is 10.9. The molecule has 1 saturated heterocycles. The molecule has 1 fully saturated rings. The van der Waals surface area contributed by atoms with E-state index < -0.39 is 0 Å². The number of nitrogens with zero attached hydrogens (tertiary/aromatic N) is 5. The molecule has 2 heterocycles. The average Bonchev–Trinajstić information content (AvgIpc) is 2.72. The molecule has 0 saturated carbocycles. The van der Waals surface area contributed by atoms with Gasteiger partial charge >= 0.3 is 0 Å². The van der Waals surface area contributed by atoms with Gasteiger partial charge in [0.1, 0.15) is 0 Å². The number of rotatable bonds is 6. The average molecular weight is 371 g/mol. The van der Waals surface area contributed by atoms with Crippen molar-refractivity contribution >= 4 is 17.4 Å². The summed E-state index contributed by atoms with van der Waals surface area (Å²) in [6.07, 6.45) is 1.73. The maximum Gasteiger partial charge on any atom is 0.260 e. The van der Waals surface area contributed by atoms with Crippen LogP contribution < -0.4 is 19.3 Å². The summed E-state index contributed by atoms with van der Waals surface area (Å²) in [5.74, 6) is 1.99. The number of methoxy groups -OCH3 is 1. The van der Waals surface area contributed by atoms with E-state index in [9.17, 15) is 4.79 Å². The van der Waals surface area contributed by atoms with E-state index in [1.807, 2.05) is 48.2 Å². The molecule has 8 heteroatoms. The molecule has 1 aliphatic rings. The van der Waals surface area contributed by atoms with Crippen LogP contribution in [0.1, 0.15) is 0 Å². The Kier molecular flexibility index (Phi) is 5.95. The summed E-state index contributed by atoms with van der Waals surface area (Å²) in [6.45, 7) is 2.68. The van der Waals surface area contributed by atoms with Crippen LogP contribution in [0.2, 0.25) is 0 Å². The number of aromatic nitrogens is 2. The number of hydrogen-bond donors (Lipinski definition) is 0. The zero-order valence-electron chi connectivity index (χ0n) is 16.0. The molecular weight excluding hydrogens is 346 g/mol. The molecule has 0 bridgehead atoms. The van der Waals surface area contributed by atoms with Gasteiger partial charge in [0.2, 0.25) is 0 Å². The molecule has 27 heavy (non-hydrogen) atoms. The van der Waals surface area contributed by atoms with Crippen LogP contribution in [0, 0.1) is 0 Å². The molecule has 0 aliphatic carbocycles. The Morgan fingerprint density at radius 3 is 2.52 bits per heavy atom. The standard InChI is InChI=1S/C19H25N5O3/c1-22(2)15-12-18(21-20-13-15)23-8-10-24(11-9-23)19(25)14-27-17-7-5-4-6-16(17)26-3/h4-7,12-13H,8-11,14H2,1-3H3. The van der Waals surface area contributed by atoms with Gasteiger partial charge in [0.25, 0.3) is 5.91 Å². The molecule has 1 aromatic heterocycles. The molecule has 0 unspecified atom stereocenters. The van der Waals surface area contributed by atoms with Crippen molar-refractivity contribution in [2.24, 2.45) is 0 Å². The van der Waals surface area contributed by atoms with Crippen LogP contribution in [-0.2, 0) is 4.79 Å². The SMILES string of the molecule is COc1ccccc1OCC(=O)N1CCN(c2cc(N(C)C)cnn2)CC1. The lowest BCUT2D eigenvalue weighted by molar-refractivity contribution is -0.133. The van der Waals surface area contributed by atoms with Gasteiger partial charge in [-0.3, -0.25) is 4.79 Å². The molecule has 3 rings (SSSR count). The second kappa shape index (κ2) is 8.57. The summed E-state index contributed by atoms with van der Waals surface area (Å²) in [4.78, 5) is 18.4. The van der Waals surface area contributed by atoms with E-state index in [0.717, 1.165) is 11.5 Å². The molecular formula is C19H25N5O3. The minimum Gasteiger partial charge on any atom is -0.493 e. The molecule has 1 aliphatic heterocycles. The summed E-state index contributed by atoms with van der Waals surface area (Å²) in [5, 5.41) is 8.29. The fourth-order valence-corrected chi connectivity index (χ4v) is 2.90. The van der Waals surface area contributed by atoms with Crippen LogP contribution in [-0.4, -0.2) is 75.0 Å². The first kappa shape index (κ1) is 18.8. The first-order valence-electron chi connectivity index (χ1n) is 8.87. The Morgan fingerprint density at radius 1 is 1.15 bits per heavy atom. The van der Waals surface area contributed by atoms with Crippen LogP contribution >= 0.6 is 0 Å². The summed E-state index contributed by atoms with van der Waals surface area (Å²) in [6, 6.07) is 9.32. The van der Waals surface area contributed by atoms with Gasteiger partial charge in [-0.2, -0.15) is 5.10 Å². The third-order valence-electron chi connectivity index (χ3n) is 4.52. The van der Waals surface area contributed by atoms with Gasteiger partial charge in [-0.15, -0.1) is 5.10 Å². The monoisotopic (exact) mass is 371 g/mol. The number of benzene rings is 1. The maximum atomic E-state index is 12.5. The summed E-state index contributed by atoms with van der Waals surface area (Å²) in [7, 11) is 5.52. The lowest BCUT2D eigenvalue weighted by Gasteiger charge is -2.35. The van der Waals surface area contributed by atoms with Crippen LogP contribution in [0.5, 0.6) is 11.5 Å². The summed E-state index contributed by atoms with van der Waals surface area (Å²) >= 11 is 0. The lowest BCUT2D eigenvalue weighted by Crippen LogP contribution is -2.50.